The summed E-state index contributed by atoms with van der Waals surface area (Å²) in [6.07, 6.45) is 0.631. The molecule has 1 N–H and O–H groups in total. The van der Waals surface area contributed by atoms with E-state index in [9.17, 15) is 13.2 Å². The molecule has 0 aromatic heterocycles. The van der Waals surface area contributed by atoms with Gasteiger partial charge >= 0.3 is 0 Å². The summed E-state index contributed by atoms with van der Waals surface area (Å²) in [5.74, 6) is 0.192. The third-order valence-electron chi connectivity index (χ3n) is 4.60. The standard InChI is InChI=1S/C19H20BrClN2O4S/c1-27-16-4-2-14-12-23(8-6-13(14)10-16)28(25,26)9-7-22-19(24)17-11-15(20)3-5-18(17)21/h2-5,10-11H,6-9,12H2,1H3,(H,22,24). The minimum atomic E-state index is -3.49. The van der Waals surface area contributed by atoms with Crippen molar-refractivity contribution < 1.29 is 17.9 Å². The molecule has 0 saturated carbocycles. The maximum absolute atomic E-state index is 12.7. The van der Waals surface area contributed by atoms with Crippen molar-refractivity contribution in [2.75, 3.05) is 26.0 Å². The number of amides is 1. The average Bonchev–Trinajstić information content (AvgIpc) is 2.68. The molecule has 0 saturated heterocycles. The van der Waals surface area contributed by atoms with Crippen molar-refractivity contribution in [3.05, 3.63) is 62.6 Å². The van der Waals surface area contributed by atoms with E-state index >= 15 is 0 Å². The molecule has 0 bridgehead atoms. The highest BCUT2D eigenvalue weighted by Gasteiger charge is 2.27. The Morgan fingerprint density at radius 2 is 2.04 bits per heavy atom. The first kappa shape index (κ1) is 21.1. The molecule has 0 atom stereocenters. The Kier molecular flexibility index (Phi) is 6.65. The molecule has 1 aliphatic heterocycles. The summed E-state index contributed by atoms with van der Waals surface area (Å²) in [7, 11) is -1.88. The summed E-state index contributed by atoms with van der Waals surface area (Å²) in [5, 5.41) is 2.94. The highest BCUT2D eigenvalue weighted by molar-refractivity contribution is 9.10. The van der Waals surface area contributed by atoms with E-state index in [4.69, 9.17) is 16.3 Å². The van der Waals surface area contributed by atoms with Crippen LogP contribution in [0.25, 0.3) is 0 Å². The zero-order valence-corrected chi connectivity index (χ0v) is 18.4. The zero-order valence-electron chi connectivity index (χ0n) is 15.2. The number of hydrogen-bond donors (Lipinski definition) is 1. The van der Waals surface area contributed by atoms with Crippen LogP contribution in [0, 0.1) is 0 Å². The largest absolute Gasteiger partial charge is 0.497 e. The van der Waals surface area contributed by atoms with Gasteiger partial charge in [0, 0.05) is 24.1 Å². The number of fused-ring (bicyclic) bond motifs is 1. The molecule has 0 unspecified atom stereocenters. The van der Waals surface area contributed by atoms with Crippen LogP contribution in [0.2, 0.25) is 5.02 Å². The predicted molar refractivity (Wildman–Crippen MR) is 112 cm³/mol. The minimum absolute atomic E-state index is 0.00990. The molecule has 1 heterocycles. The van der Waals surface area contributed by atoms with E-state index in [-0.39, 0.29) is 12.3 Å². The van der Waals surface area contributed by atoms with Crippen LogP contribution in [0.5, 0.6) is 5.75 Å². The van der Waals surface area contributed by atoms with Gasteiger partial charge < -0.3 is 10.1 Å². The Morgan fingerprint density at radius 3 is 2.79 bits per heavy atom. The van der Waals surface area contributed by atoms with Gasteiger partial charge in [-0.3, -0.25) is 4.79 Å². The van der Waals surface area contributed by atoms with E-state index in [2.05, 4.69) is 21.2 Å². The van der Waals surface area contributed by atoms with E-state index in [1.54, 1.807) is 25.3 Å². The third kappa shape index (κ3) is 4.86. The Morgan fingerprint density at radius 1 is 1.25 bits per heavy atom. The fourth-order valence-electron chi connectivity index (χ4n) is 3.06. The Hall–Kier alpha value is -1.61. The van der Waals surface area contributed by atoms with E-state index < -0.39 is 15.9 Å². The average molecular weight is 488 g/mol. The minimum Gasteiger partial charge on any atom is -0.497 e. The zero-order chi connectivity index (χ0) is 20.3. The number of carbonyl (C=O) groups is 1. The van der Waals surface area contributed by atoms with Crippen molar-refractivity contribution in [3.8, 4) is 5.75 Å². The van der Waals surface area contributed by atoms with Gasteiger partial charge in [-0.15, -0.1) is 0 Å². The number of methoxy groups -OCH3 is 1. The lowest BCUT2D eigenvalue weighted by molar-refractivity contribution is 0.0956. The maximum Gasteiger partial charge on any atom is 0.252 e. The molecule has 150 valence electrons. The van der Waals surface area contributed by atoms with Crippen LogP contribution in [0.4, 0.5) is 0 Å². The molecular weight excluding hydrogens is 468 g/mol. The van der Waals surface area contributed by atoms with Crippen molar-refractivity contribution in [2.24, 2.45) is 0 Å². The van der Waals surface area contributed by atoms with Crippen LogP contribution in [-0.4, -0.2) is 44.6 Å². The van der Waals surface area contributed by atoms with E-state index in [1.807, 2.05) is 18.2 Å². The number of hydrogen-bond acceptors (Lipinski definition) is 4. The van der Waals surface area contributed by atoms with Crippen LogP contribution in [0.1, 0.15) is 21.5 Å². The molecule has 1 aliphatic rings. The van der Waals surface area contributed by atoms with Crippen molar-refractivity contribution in [1.82, 2.24) is 9.62 Å². The topological polar surface area (TPSA) is 75.7 Å². The van der Waals surface area contributed by atoms with Gasteiger partial charge in [0.2, 0.25) is 10.0 Å². The molecule has 9 heteroatoms. The van der Waals surface area contributed by atoms with Crippen molar-refractivity contribution in [1.29, 1.82) is 0 Å². The Labute approximate surface area is 178 Å². The quantitative estimate of drug-likeness (QED) is 0.679. The summed E-state index contributed by atoms with van der Waals surface area (Å²) in [6.45, 7) is 0.747. The molecule has 0 aliphatic carbocycles. The molecule has 3 rings (SSSR count). The summed E-state index contributed by atoms with van der Waals surface area (Å²) in [6, 6.07) is 10.6. The Bertz CT molecular complexity index is 997. The SMILES string of the molecule is COc1ccc2c(c1)CCN(S(=O)(=O)CCNC(=O)c1cc(Br)ccc1Cl)C2. The number of halogens is 2. The Balaban J connectivity index is 1.60. The summed E-state index contributed by atoms with van der Waals surface area (Å²) in [5.41, 5.74) is 2.37. The molecule has 2 aromatic rings. The lowest BCUT2D eigenvalue weighted by atomic mass is 10.0. The molecule has 0 radical (unpaired) electrons. The van der Waals surface area contributed by atoms with Crippen molar-refractivity contribution in [3.63, 3.8) is 0 Å². The lowest BCUT2D eigenvalue weighted by Crippen LogP contribution is -2.40. The van der Waals surface area contributed by atoms with Crippen LogP contribution in [0.15, 0.2) is 40.9 Å². The van der Waals surface area contributed by atoms with E-state index in [0.29, 0.717) is 30.1 Å². The molecular formula is C19H20BrClN2O4S. The second kappa shape index (κ2) is 8.82. The lowest BCUT2D eigenvalue weighted by Gasteiger charge is -2.28. The second-order valence-electron chi connectivity index (χ2n) is 6.41. The van der Waals surface area contributed by atoms with Crippen molar-refractivity contribution in [2.45, 2.75) is 13.0 Å². The van der Waals surface area contributed by atoms with Crippen LogP contribution in [0.3, 0.4) is 0 Å². The van der Waals surface area contributed by atoms with Gasteiger partial charge in [-0.25, -0.2) is 8.42 Å². The summed E-state index contributed by atoms with van der Waals surface area (Å²) < 4.78 is 32.7. The van der Waals surface area contributed by atoms with Gasteiger partial charge in [0.25, 0.3) is 5.91 Å². The first-order valence-corrected chi connectivity index (χ1v) is 11.4. The van der Waals surface area contributed by atoms with Gasteiger partial charge in [-0.2, -0.15) is 4.31 Å². The molecule has 0 fully saturated rings. The van der Waals surface area contributed by atoms with Gasteiger partial charge in [0.15, 0.2) is 0 Å². The smallest absolute Gasteiger partial charge is 0.252 e. The van der Waals surface area contributed by atoms with Crippen molar-refractivity contribution >= 4 is 43.5 Å². The van der Waals surface area contributed by atoms with Gasteiger partial charge in [0.05, 0.1) is 23.4 Å². The van der Waals surface area contributed by atoms with E-state index in [1.165, 1.54) is 4.31 Å². The van der Waals surface area contributed by atoms with Crippen LogP contribution >= 0.6 is 27.5 Å². The summed E-state index contributed by atoms with van der Waals surface area (Å²) in [4.78, 5) is 12.3. The highest BCUT2D eigenvalue weighted by atomic mass is 79.9. The van der Waals surface area contributed by atoms with Gasteiger partial charge in [-0.1, -0.05) is 33.6 Å². The fourth-order valence-corrected chi connectivity index (χ4v) is 4.95. The van der Waals surface area contributed by atoms with E-state index in [0.717, 1.165) is 21.3 Å². The molecule has 1 amide bonds. The monoisotopic (exact) mass is 486 g/mol. The maximum atomic E-state index is 12.7. The normalized spacial score (nSPS) is 14.4. The molecule has 28 heavy (non-hydrogen) atoms. The highest BCUT2D eigenvalue weighted by Crippen LogP contribution is 2.25. The summed E-state index contributed by atoms with van der Waals surface area (Å²) >= 11 is 9.32. The second-order valence-corrected chi connectivity index (χ2v) is 9.83. The molecule has 2 aromatic carbocycles. The van der Waals surface area contributed by atoms with Crippen LogP contribution < -0.4 is 10.1 Å². The number of nitrogens with one attached hydrogen (secondary N) is 1. The third-order valence-corrected chi connectivity index (χ3v) is 7.24. The predicted octanol–water partition coefficient (Wildman–Crippen LogP) is 3.23. The number of rotatable bonds is 6. The molecule has 6 nitrogen and oxygen atoms in total. The molecule has 0 spiro atoms. The number of nitrogens with zero attached hydrogens (tertiary/aromatic N) is 1. The van der Waals surface area contributed by atoms with Gasteiger partial charge in [-0.05, 0) is 47.9 Å². The van der Waals surface area contributed by atoms with Gasteiger partial charge in [0.1, 0.15) is 5.75 Å². The first-order valence-electron chi connectivity index (χ1n) is 8.67. The number of carbonyl (C=O) groups excluding carboxylic acids is 1. The number of benzene rings is 2. The fraction of sp³-hybridized carbons (Fsp3) is 0.316. The number of ether oxygens (including phenoxy) is 1. The van der Waals surface area contributed by atoms with Crippen LogP contribution in [-0.2, 0) is 23.0 Å². The first-order chi connectivity index (χ1) is 13.3. The number of sulfonamides is 1.